The predicted octanol–water partition coefficient (Wildman–Crippen LogP) is 2.73. The normalized spacial score (nSPS) is 12.7. The first kappa shape index (κ1) is 26.5. The quantitative estimate of drug-likeness (QED) is 0.278. The van der Waals surface area contributed by atoms with E-state index in [0.29, 0.717) is 35.4 Å². The van der Waals surface area contributed by atoms with Crippen LogP contribution in [0, 0.1) is 5.82 Å². The maximum Gasteiger partial charge on any atom is 0.274 e. The van der Waals surface area contributed by atoms with Gasteiger partial charge in [-0.15, -0.1) is 0 Å². The summed E-state index contributed by atoms with van der Waals surface area (Å²) in [5, 5.41) is 17.5. The second kappa shape index (κ2) is 11.7. The minimum absolute atomic E-state index is 0.00513. The molecule has 0 radical (unpaired) electrons. The van der Waals surface area contributed by atoms with Gasteiger partial charge in [-0.3, -0.25) is 23.7 Å². The Kier molecular flexibility index (Phi) is 7.76. The van der Waals surface area contributed by atoms with Crippen molar-refractivity contribution in [1.29, 1.82) is 0 Å². The van der Waals surface area contributed by atoms with Crippen LogP contribution in [0.1, 0.15) is 23.3 Å². The number of carbonyl (C=O) groups excluding carboxylic acids is 3. The molecular formula is C28H27FN8O3. The molecule has 0 atom stereocenters. The van der Waals surface area contributed by atoms with E-state index in [4.69, 9.17) is 0 Å². The van der Waals surface area contributed by atoms with E-state index in [0.717, 1.165) is 18.2 Å². The molecule has 1 aromatic carbocycles. The van der Waals surface area contributed by atoms with Crippen LogP contribution in [0.25, 0.3) is 22.2 Å². The molecule has 0 bridgehead atoms. The minimum Gasteiger partial charge on any atom is -0.353 e. The number of hydrogen-bond donors (Lipinski definition) is 3. The molecule has 0 unspecified atom stereocenters. The molecule has 3 N–H and O–H groups in total. The lowest BCUT2D eigenvalue weighted by molar-refractivity contribution is -0.122. The second-order valence-corrected chi connectivity index (χ2v) is 9.23. The molecule has 3 aromatic heterocycles. The van der Waals surface area contributed by atoms with Crippen LogP contribution >= 0.6 is 0 Å². The van der Waals surface area contributed by atoms with Crippen molar-refractivity contribution in [3.05, 3.63) is 84.2 Å². The zero-order valence-electron chi connectivity index (χ0n) is 21.7. The lowest BCUT2D eigenvalue weighted by Gasteiger charge is -2.09. The number of aromatic nitrogens is 5. The summed E-state index contributed by atoms with van der Waals surface area (Å²) in [7, 11) is 1.71. The van der Waals surface area contributed by atoms with Crippen molar-refractivity contribution in [1.82, 2.24) is 35.2 Å². The van der Waals surface area contributed by atoms with Crippen LogP contribution in [0.4, 0.5) is 10.1 Å². The van der Waals surface area contributed by atoms with E-state index in [9.17, 15) is 18.8 Å². The number of aryl methyl sites for hydroxylation is 1. The molecule has 1 aliphatic rings. The maximum atomic E-state index is 14.3. The molecule has 11 nitrogen and oxygen atoms in total. The Bertz CT molecular complexity index is 1650. The Morgan fingerprint density at radius 1 is 1.02 bits per heavy atom. The Morgan fingerprint density at radius 3 is 2.65 bits per heavy atom. The zero-order valence-corrected chi connectivity index (χ0v) is 21.7. The van der Waals surface area contributed by atoms with Gasteiger partial charge in [0.25, 0.3) is 11.8 Å². The molecular weight excluding hydrogens is 515 g/mol. The van der Waals surface area contributed by atoms with E-state index in [1.807, 2.05) is 12.2 Å². The van der Waals surface area contributed by atoms with Crippen LogP contribution in [0.5, 0.6) is 0 Å². The minimum atomic E-state index is -0.554. The predicted molar refractivity (Wildman–Crippen MR) is 147 cm³/mol. The van der Waals surface area contributed by atoms with Crippen LogP contribution in [-0.4, -0.2) is 55.4 Å². The molecule has 4 aromatic rings. The van der Waals surface area contributed by atoms with E-state index in [2.05, 4.69) is 31.1 Å². The third kappa shape index (κ3) is 6.29. The average molecular weight is 543 g/mol. The fourth-order valence-corrected chi connectivity index (χ4v) is 4.21. The molecule has 0 saturated carbocycles. The topological polar surface area (TPSA) is 136 Å². The number of benzene rings is 1. The average Bonchev–Trinajstić information content (AvgIpc) is 3.56. The van der Waals surface area contributed by atoms with Crippen LogP contribution in [0.15, 0.2) is 72.7 Å². The van der Waals surface area contributed by atoms with Crippen LogP contribution < -0.4 is 16.0 Å². The van der Waals surface area contributed by atoms with Gasteiger partial charge in [0.1, 0.15) is 23.7 Å². The fraction of sp³-hybridized carbons (Fsp3) is 0.214. The van der Waals surface area contributed by atoms with E-state index in [1.165, 1.54) is 27.7 Å². The van der Waals surface area contributed by atoms with Gasteiger partial charge in [-0.25, -0.2) is 9.37 Å². The van der Waals surface area contributed by atoms with Crippen molar-refractivity contribution in [2.75, 3.05) is 18.4 Å². The number of carbonyl (C=O) groups is 3. The summed E-state index contributed by atoms with van der Waals surface area (Å²) in [5.74, 6) is -1.46. The van der Waals surface area contributed by atoms with Gasteiger partial charge >= 0.3 is 0 Å². The van der Waals surface area contributed by atoms with Crippen LogP contribution in [-0.2, 0) is 23.2 Å². The van der Waals surface area contributed by atoms with E-state index in [-0.39, 0.29) is 29.7 Å². The van der Waals surface area contributed by atoms with Crippen molar-refractivity contribution in [2.24, 2.45) is 7.05 Å². The smallest absolute Gasteiger partial charge is 0.274 e. The van der Waals surface area contributed by atoms with Gasteiger partial charge in [0.15, 0.2) is 0 Å². The molecule has 3 heterocycles. The number of allylic oxidation sites excluding steroid dienone is 2. The van der Waals surface area contributed by atoms with Gasteiger partial charge in [-0.05, 0) is 43.2 Å². The van der Waals surface area contributed by atoms with Crippen molar-refractivity contribution < 1.29 is 18.8 Å². The monoisotopic (exact) mass is 542 g/mol. The largest absolute Gasteiger partial charge is 0.353 e. The highest BCUT2D eigenvalue weighted by atomic mass is 19.1. The number of pyridine rings is 1. The van der Waals surface area contributed by atoms with Crippen molar-refractivity contribution in [2.45, 2.75) is 19.4 Å². The number of amides is 3. The fourth-order valence-electron chi connectivity index (χ4n) is 4.21. The zero-order chi connectivity index (χ0) is 28.1. The van der Waals surface area contributed by atoms with Crippen molar-refractivity contribution in [3.8, 4) is 11.3 Å². The van der Waals surface area contributed by atoms with Gasteiger partial charge in [-0.1, -0.05) is 18.2 Å². The molecule has 204 valence electrons. The molecule has 1 aliphatic carbocycles. The van der Waals surface area contributed by atoms with Crippen LogP contribution in [0.3, 0.4) is 0 Å². The molecule has 0 aliphatic heterocycles. The summed E-state index contributed by atoms with van der Waals surface area (Å²) in [6.07, 6.45) is 12.2. The highest BCUT2D eigenvalue weighted by Crippen LogP contribution is 2.22. The lowest BCUT2D eigenvalue weighted by Crippen LogP contribution is -2.36. The number of nitrogens with zero attached hydrogens (tertiary/aromatic N) is 5. The first-order valence-electron chi connectivity index (χ1n) is 12.7. The number of fused-ring (bicyclic) bond motifs is 1. The van der Waals surface area contributed by atoms with Gasteiger partial charge in [-0.2, -0.15) is 10.2 Å². The number of nitrogens with one attached hydrogen (secondary N) is 3. The standard InChI is InChI=1S/C28H27FN8O3/c1-36-15-20(14-32-36)26-22(29)8-10-24(34-26)28(40)33-21-7-9-23-19(13-21)16-37(35-23)17-25(38)30-11-12-31-27(39)18-5-3-2-4-6-18/h3,5-10,13-16H,2,4,11-12,17H2,1H3,(H,30,38)(H,31,39)(H,33,40). The van der Waals surface area contributed by atoms with Gasteiger partial charge in [0, 0.05) is 54.7 Å². The molecule has 0 fully saturated rings. The van der Waals surface area contributed by atoms with Gasteiger partial charge < -0.3 is 16.0 Å². The molecule has 0 saturated heterocycles. The maximum absolute atomic E-state index is 14.3. The van der Waals surface area contributed by atoms with E-state index >= 15 is 0 Å². The summed E-state index contributed by atoms with van der Waals surface area (Å²) in [6.45, 7) is 0.597. The number of halogens is 1. The van der Waals surface area contributed by atoms with E-state index in [1.54, 1.807) is 43.7 Å². The van der Waals surface area contributed by atoms with Crippen LogP contribution in [0.2, 0.25) is 0 Å². The molecule has 12 heteroatoms. The molecule has 0 spiro atoms. The number of rotatable bonds is 9. The Hall–Kier alpha value is -5.13. The van der Waals surface area contributed by atoms with E-state index < -0.39 is 11.7 Å². The Balaban J connectivity index is 1.16. The lowest BCUT2D eigenvalue weighted by atomic mass is 10.1. The Morgan fingerprint density at radius 2 is 1.88 bits per heavy atom. The first-order chi connectivity index (χ1) is 19.4. The summed E-state index contributed by atoms with van der Waals surface area (Å²) in [4.78, 5) is 41.5. The van der Waals surface area contributed by atoms with Gasteiger partial charge in [0.05, 0.1) is 11.7 Å². The highest BCUT2D eigenvalue weighted by Gasteiger charge is 2.15. The second-order valence-electron chi connectivity index (χ2n) is 9.23. The Labute approximate surface area is 228 Å². The molecule has 40 heavy (non-hydrogen) atoms. The summed E-state index contributed by atoms with van der Waals surface area (Å²) >= 11 is 0. The third-order valence-electron chi connectivity index (χ3n) is 6.16. The molecule has 5 rings (SSSR count). The first-order valence-corrected chi connectivity index (χ1v) is 12.7. The third-order valence-corrected chi connectivity index (χ3v) is 6.16. The van der Waals surface area contributed by atoms with Crippen molar-refractivity contribution in [3.63, 3.8) is 0 Å². The highest BCUT2D eigenvalue weighted by molar-refractivity contribution is 6.04. The number of hydrogen-bond acceptors (Lipinski definition) is 6. The summed E-state index contributed by atoms with van der Waals surface area (Å²) < 4.78 is 17.3. The SMILES string of the molecule is Cn1cc(-c2nc(C(=O)Nc3ccc4nn(CC(=O)NCCNC(=O)C5=CCCC=C5)cc4c3)ccc2F)cn1. The summed E-state index contributed by atoms with van der Waals surface area (Å²) in [5.41, 5.74) is 2.33. The van der Waals surface area contributed by atoms with Crippen molar-refractivity contribution >= 4 is 34.3 Å². The van der Waals surface area contributed by atoms with Gasteiger partial charge in [0.2, 0.25) is 5.91 Å². The molecule has 3 amide bonds. The summed E-state index contributed by atoms with van der Waals surface area (Å²) in [6, 6.07) is 7.65. The number of anilines is 1.